The predicted octanol–water partition coefficient (Wildman–Crippen LogP) is 5.46. The summed E-state index contributed by atoms with van der Waals surface area (Å²) in [5.74, 6) is 0.309. The fraction of sp³-hybridized carbons (Fsp3) is 0.464. The van der Waals surface area contributed by atoms with Gasteiger partial charge in [-0.25, -0.2) is 19.9 Å². The number of carbonyl (C=O) groups excluding carboxylic acids is 1. The predicted molar refractivity (Wildman–Crippen MR) is 150 cm³/mol. The van der Waals surface area contributed by atoms with Crippen LogP contribution in [0.3, 0.4) is 0 Å². The van der Waals surface area contributed by atoms with Gasteiger partial charge in [-0.1, -0.05) is 0 Å². The number of anilines is 2. The van der Waals surface area contributed by atoms with Gasteiger partial charge in [-0.2, -0.15) is 13.2 Å². The van der Waals surface area contributed by atoms with Gasteiger partial charge in [-0.3, -0.25) is 4.79 Å². The van der Waals surface area contributed by atoms with E-state index in [1.54, 1.807) is 24.0 Å². The van der Waals surface area contributed by atoms with Crippen molar-refractivity contribution in [1.82, 2.24) is 29.1 Å². The van der Waals surface area contributed by atoms with Crippen LogP contribution in [0.5, 0.6) is 0 Å². The average Bonchev–Trinajstić information content (AvgIpc) is 3.32. The number of hydrogen-bond donors (Lipinski definition) is 1. The molecule has 0 aromatic carbocycles. The van der Waals surface area contributed by atoms with Crippen molar-refractivity contribution in [3.8, 4) is 16.5 Å². The lowest BCUT2D eigenvalue weighted by Crippen LogP contribution is -2.58. The highest BCUT2D eigenvalue weighted by molar-refractivity contribution is 7.13. The van der Waals surface area contributed by atoms with Crippen LogP contribution in [0.1, 0.15) is 60.7 Å². The Bertz CT molecular complexity index is 1610. The third-order valence-electron chi connectivity index (χ3n) is 8.41. The van der Waals surface area contributed by atoms with Gasteiger partial charge in [0.1, 0.15) is 17.6 Å². The number of imidazole rings is 2. The van der Waals surface area contributed by atoms with Gasteiger partial charge in [-0.15, -0.1) is 11.3 Å². The monoisotopic (exact) mass is 598 g/mol. The minimum Gasteiger partial charge on any atom is -0.381 e. The van der Waals surface area contributed by atoms with Gasteiger partial charge in [0.15, 0.2) is 10.8 Å². The summed E-state index contributed by atoms with van der Waals surface area (Å²) in [5, 5.41) is 4.58. The Hall–Kier alpha value is -3.78. The highest BCUT2D eigenvalue weighted by Crippen LogP contribution is 2.44. The number of aromatic nitrogens is 6. The first kappa shape index (κ1) is 27.1. The lowest BCUT2D eigenvalue weighted by atomic mass is 9.73. The lowest BCUT2D eigenvalue weighted by Gasteiger charge is -2.53. The van der Waals surface area contributed by atoms with Crippen molar-refractivity contribution < 1.29 is 22.7 Å². The largest absolute Gasteiger partial charge is 0.408 e. The normalized spacial score (nSPS) is 19.1. The summed E-state index contributed by atoms with van der Waals surface area (Å²) in [5.41, 5.74) is 3.25. The summed E-state index contributed by atoms with van der Waals surface area (Å²) < 4.78 is 48.5. The SMILES string of the molecule is C[C@H](n1ccnc1-c1nc(NC(=O)c2cc(-n3cnc(C4CC4)c3)c(N3CC4(CCOCC4)C3)cn2)cs1)C(F)(F)F. The molecule has 3 fully saturated rings. The quantitative estimate of drug-likeness (QED) is 0.302. The molecule has 0 radical (unpaired) electrons. The van der Waals surface area contributed by atoms with Crippen LogP contribution in [0.15, 0.2) is 42.6 Å². The van der Waals surface area contributed by atoms with Crippen LogP contribution in [-0.2, 0) is 4.74 Å². The molecule has 1 atom stereocenters. The first-order valence-electron chi connectivity index (χ1n) is 13.9. The summed E-state index contributed by atoms with van der Waals surface area (Å²) in [6.45, 7) is 4.44. The molecule has 7 rings (SSSR count). The Balaban J connectivity index is 1.13. The average molecular weight is 599 g/mol. The van der Waals surface area contributed by atoms with Crippen molar-refractivity contribution >= 4 is 28.7 Å². The number of pyridine rings is 1. The van der Waals surface area contributed by atoms with Crippen LogP contribution in [0.2, 0.25) is 0 Å². The number of nitrogens with one attached hydrogen (secondary N) is 1. The maximum Gasteiger partial charge on any atom is 0.408 e. The van der Waals surface area contributed by atoms with Crippen molar-refractivity contribution in [2.24, 2.45) is 5.41 Å². The molecule has 2 saturated heterocycles. The van der Waals surface area contributed by atoms with Gasteiger partial charge in [0.2, 0.25) is 0 Å². The van der Waals surface area contributed by atoms with Crippen molar-refractivity contribution in [1.29, 1.82) is 0 Å². The van der Waals surface area contributed by atoms with E-state index in [4.69, 9.17) is 4.74 Å². The number of carbonyl (C=O) groups is 1. The van der Waals surface area contributed by atoms with E-state index in [1.807, 2.05) is 10.8 Å². The van der Waals surface area contributed by atoms with E-state index in [-0.39, 0.29) is 27.8 Å². The Labute approximate surface area is 243 Å². The van der Waals surface area contributed by atoms with Gasteiger partial charge in [0.25, 0.3) is 5.91 Å². The molecule has 3 aliphatic rings. The minimum atomic E-state index is -4.44. The number of rotatable bonds is 7. The van der Waals surface area contributed by atoms with E-state index < -0.39 is 18.1 Å². The van der Waals surface area contributed by atoms with Crippen molar-refractivity contribution in [2.75, 3.05) is 36.5 Å². The van der Waals surface area contributed by atoms with Crippen LogP contribution in [0, 0.1) is 5.41 Å². The third kappa shape index (κ3) is 5.06. The number of nitrogens with zero attached hydrogens (tertiary/aromatic N) is 7. The second kappa shape index (κ2) is 10.2. The molecule has 42 heavy (non-hydrogen) atoms. The van der Waals surface area contributed by atoms with E-state index in [0.29, 0.717) is 5.92 Å². The lowest BCUT2D eigenvalue weighted by molar-refractivity contribution is -0.162. The molecule has 0 bridgehead atoms. The molecule has 4 aromatic rings. The second-order valence-corrected chi connectivity index (χ2v) is 12.2. The molecule has 6 heterocycles. The molecule has 14 heteroatoms. The number of hydrogen-bond acceptors (Lipinski definition) is 8. The standard InChI is InChI=1S/C28H29F3N8O2S/c1-17(28(29,30)31)39-7-6-32-24(39)26-36-23(13-42-26)35-25(40)19-10-21(37-12-20(34-16-37)18-2-3-18)22(11-33-19)38-14-27(15-38)4-8-41-9-5-27/h6-7,10-13,16-18H,2-5,8-9,14-15H2,1H3,(H,35,40)/t17-/m0/s1. The van der Waals surface area contributed by atoms with Gasteiger partial charge in [0, 0.05) is 61.6 Å². The van der Waals surface area contributed by atoms with E-state index in [0.717, 1.165) is 91.9 Å². The number of thiazole rings is 1. The summed E-state index contributed by atoms with van der Waals surface area (Å²) in [7, 11) is 0. The fourth-order valence-corrected chi connectivity index (χ4v) is 6.44. The van der Waals surface area contributed by atoms with E-state index >= 15 is 0 Å². The maximum absolute atomic E-state index is 13.3. The Morgan fingerprint density at radius 2 is 1.95 bits per heavy atom. The topological polar surface area (TPSA) is 103 Å². The first-order chi connectivity index (χ1) is 20.2. The van der Waals surface area contributed by atoms with Crippen LogP contribution in [0.4, 0.5) is 24.7 Å². The van der Waals surface area contributed by atoms with E-state index in [2.05, 4.69) is 30.2 Å². The van der Waals surface area contributed by atoms with Crippen LogP contribution < -0.4 is 10.2 Å². The summed E-state index contributed by atoms with van der Waals surface area (Å²) in [4.78, 5) is 33.1. The van der Waals surface area contributed by atoms with Crippen LogP contribution in [-0.4, -0.2) is 67.5 Å². The highest BCUT2D eigenvalue weighted by atomic mass is 32.1. The molecule has 0 unspecified atom stereocenters. The van der Waals surface area contributed by atoms with Crippen LogP contribution in [0.25, 0.3) is 16.5 Å². The molecule has 1 saturated carbocycles. The van der Waals surface area contributed by atoms with Crippen molar-refractivity contribution in [3.05, 3.63) is 53.9 Å². The maximum atomic E-state index is 13.3. The Kier molecular flexibility index (Phi) is 6.57. The zero-order valence-electron chi connectivity index (χ0n) is 22.8. The number of halogens is 3. The Morgan fingerprint density at radius 1 is 1.17 bits per heavy atom. The van der Waals surface area contributed by atoms with Crippen molar-refractivity contribution in [2.45, 2.75) is 50.7 Å². The summed E-state index contributed by atoms with van der Waals surface area (Å²) in [6.07, 6.45) is 8.02. The molecule has 2 aliphatic heterocycles. The summed E-state index contributed by atoms with van der Waals surface area (Å²) in [6, 6.07) is -0.0161. The van der Waals surface area contributed by atoms with Gasteiger partial charge in [0.05, 0.1) is 29.6 Å². The van der Waals surface area contributed by atoms with Crippen LogP contribution >= 0.6 is 11.3 Å². The van der Waals surface area contributed by atoms with Gasteiger partial charge in [-0.05, 0) is 38.7 Å². The van der Waals surface area contributed by atoms with E-state index in [1.165, 1.54) is 12.4 Å². The number of amides is 1. The minimum absolute atomic E-state index is 0.0820. The molecule has 1 amide bonds. The third-order valence-corrected chi connectivity index (χ3v) is 9.25. The molecule has 10 nitrogen and oxygen atoms in total. The molecule has 1 N–H and O–H groups in total. The summed E-state index contributed by atoms with van der Waals surface area (Å²) >= 11 is 1.10. The van der Waals surface area contributed by atoms with Crippen molar-refractivity contribution in [3.63, 3.8) is 0 Å². The smallest absolute Gasteiger partial charge is 0.381 e. The fourth-order valence-electron chi connectivity index (χ4n) is 5.69. The molecule has 1 spiro atoms. The molecule has 4 aromatic heterocycles. The number of alkyl halides is 3. The second-order valence-electron chi connectivity index (χ2n) is 11.4. The first-order valence-corrected chi connectivity index (χ1v) is 14.8. The molecular weight excluding hydrogens is 569 g/mol. The Morgan fingerprint density at radius 3 is 2.69 bits per heavy atom. The highest BCUT2D eigenvalue weighted by Gasteiger charge is 2.45. The van der Waals surface area contributed by atoms with Gasteiger partial charge >= 0.3 is 6.18 Å². The zero-order chi connectivity index (χ0) is 29.1. The van der Waals surface area contributed by atoms with E-state index in [9.17, 15) is 18.0 Å². The number of ether oxygens (including phenoxy) is 1. The molecule has 220 valence electrons. The van der Waals surface area contributed by atoms with Gasteiger partial charge < -0.3 is 24.1 Å². The molecule has 1 aliphatic carbocycles. The molecular formula is C28H29F3N8O2S. The zero-order valence-corrected chi connectivity index (χ0v) is 23.7.